The molecule has 240 valence electrons. The summed E-state index contributed by atoms with van der Waals surface area (Å²) in [5.74, 6) is -0.832. The standard InChI is InChI=1S/C35H34BrCl2N3O4S/c36-27-16-18-29(19-17-27)41(46(44,45)30-13-5-2-6-14-30)24-34(42)40(23-26-15-20-31(37)32(38)21-26)33(22-25-9-3-1-4-10-25)35(43)39-28-11-7-8-12-28/h1-6,9-10,13-21,28,33H,7-8,11-12,22-24H2,(H,39,43). The number of sulfonamides is 1. The lowest BCUT2D eigenvalue weighted by Crippen LogP contribution is -2.54. The van der Waals surface area contributed by atoms with Gasteiger partial charge in [-0.2, -0.15) is 0 Å². The maximum absolute atomic E-state index is 14.6. The first-order valence-electron chi connectivity index (χ1n) is 15.0. The van der Waals surface area contributed by atoms with Gasteiger partial charge in [0.15, 0.2) is 0 Å². The van der Waals surface area contributed by atoms with Crippen molar-refractivity contribution in [1.29, 1.82) is 0 Å². The monoisotopic (exact) mass is 741 g/mol. The minimum atomic E-state index is -4.17. The summed E-state index contributed by atoms with van der Waals surface area (Å²) < 4.78 is 30.0. The lowest BCUT2D eigenvalue weighted by molar-refractivity contribution is -0.140. The molecule has 1 aliphatic carbocycles. The molecule has 11 heteroatoms. The maximum atomic E-state index is 14.6. The molecule has 2 amide bonds. The van der Waals surface area contributed by atoms with Gasteiger partial charge < -0.3 is 10.2 Å². The van der Waals surface area contributed by atoms with Gasteiger partial charge in [0, 0.05) is 23.5 Å². The molecule has 1 unspecified atom stereocenters. The van der Waals surface area contributed by atoms with E-state index in [9.17, 15) is 18.0 Å². The first kappa shape index (κ1) is 34.0. The third kappa shape index (κ3) is 8.50. The summed E-state index contributed by atoms with van der Waals surface area (Å²) in [6.07, 6.45) is 4.03. The number of anilines is 1. The largest absolute Gasteiger partial charge is 0.352 e. The summed E-state index contributed by atoms with van der Waals surface area (Å²) in [6.45, 7) is -0.535. The van der Waals surface area contributed by atoms with Crippen molar-refractivity contribution in [2.75, 3.05) is 10.8 Å². The van der Waals surface area contributed by atoms with Crippen LogP contribution >= 0.6 is 39.1 Å². The molecular formula is C35H34BrCl2N3O4S. The molecule has 0 saturated heterocycles. The van der Waals surface area contributed by atoms with Crippen LogP contribution in [0.2, 0.25) is 10.0 Å². The molecule has 0 spiro atoms. The van der Waals surface area contributed by atoms with E-state index in [1.807, 2.05) is 30.3 Å². The van der Waals surface area contributed by atoms with E-state index in [0.29, 0.717) is 21.3 Å². The highest BCUT2D eigenvalue weighted by molar-refractivity contribution is 9.10. The number of carbonyl (C=O) groups is 2. The molecule has 1 saturated carbocycles. The van der Waals surface area contributed by atoms with Crippen molar-refractivity contribution >= 4 is 66.7 Å². The molecule has 4 aromatic carbocycles. The minimum Gasteiger partial charge on any atom is -0.352 e. The fourth-order valence-electron chi connectivity index (χ4n) is 5.61. The van der Waals surface area contributed by atoms with E-state index in [2.05, 4.69) is 21.2 Å². The molecule has 0 bridgehead atoms. The van der Waals surface area contributed by atoms with Gasteiger partial charge in [0.25, 0.3) is 10.0 Å². The Labute approximate surface area is 288 Å². The van der Waals surface area contributed by atoms with E-state index in [1.54, 1.807) is 60.7 Å². The third-order valence-electron chi connectivity index (χ3n) is 8.03. The number of hydrogen-bond donors (Lipinski definition) is 1. The molecule has 1 atom stereocenters. The van der Waals surface area contributed by atoms with E-state index in [-0.39, 0.29) is 29.8 Å². The average Bonchev–Trinajstić information content (AvgIpc) is 3.57. The Morgan fingerprint density at radius 3 is 2.09 bits per heavy atom. The molecule has 46 heavy (non-hydrogen) atoms. The molecule has 7 nitrogen and oxygen atoms in total. The normalized spacial score (nSPS) is 14.1. The summed E-state index contributed by atoms with van der Waals surface area (Å²) in [5.41, 5.74) is 1.82. The summed E-state index contributed by atoms with van der Waals surface area (Å²) >= 11 is 16.0. The van der Waals surface area contributed by atoms with E-state index in [4.69, 9.17) is 23.2 Å². The number of hydrogen-bond acceptors (Lipinski definition) is 4. The zero-order valence-electron chi connectivity index (χ0n) is 25.0. The van der Waals surface area contributed by atoms with Crippen LogP contribution in [-0.4, -0.2) is 43.8 Å². The first-order chi connectivity index (χ1) is 22.1. The zero-order chi connectivity index (χ0) is 32.7. The number of carbonyl (C=O) groups excluding carboxylic acids is 2. The Balaban J connectivity index is 1.57. The van der Waals surface area contributed by atoms with Crippen LogP contribution in [0, 0.1) is 0 Å². The second kappa shape index (κ2) is 15.5. The Hall–Kier alpha value is -3.37. The maximum Gasteiger partial charge on any atom is 0.264 e. The number of nitrogens with one attached hydrogen (secondary N) is 1. The van der Waals surface area contributed by atoms with Gasteiger partial charge in [0.05, 0.1) is 20.6 Å². The molecule has 0 aliphatic heterocycles. The highest BCUT2D eigenvalue weighted by Crippen LogP contribution is 2.28. The van der Waals surface area contributed by atoms with Crippen LogP contribution < -0.4 is 9.62 Å². The predicted molar refractivity (Wildman–Crippen MR) is 186 cm³/mol. The number of nitrogens with zero attached hydrogens (tertiary/aromatic N) is 2. The molecular weight excluding hydrogens is 709 g/mol. The lowest BCUT2D eigenvalue weighted by atomic mass is 10.0. The van der Waals surface area contributed by atoms with Crippen LogP contribution in [0.25, 0.3) is 0 Å². The van der Waals surface area contributed by atoms with E-state index in [1.165, 1.54) is 17.0 Å². The topological polar surface area (TPSA) is 86.8 Å². The van der Waals surface area contributed by atoms with Crippen molar-refractivity contribution in [1.82, 2.24) is 10.2 Å². The van der Waals surface area contributed by atoms with Crippen LogP contribution in [0.3, 0.4) is 0 Å². The fraction of sp³-hybridized carbons (Fsp3) is 0.257. The molecule has 1 aliphatic rings. The van der Waals surface area contributed by atoms with Crippen LogP contribution in [-0.2, 0) is 32.6 Å². The molecule has 1 fully saturated rings. The zero-order valence-corrected chi connectivity index (χ0v) is 28.9. The SMILES string of the molecule is O=C(NC1CCCC1)C(Cc1ccccc1)N(Cc1ccc(Cl)c(Cl)c1)C(=O)CN(c1ccc(Br)cc1)S(=O)(=O)c1ccccc1. The van der Waals surface area contributed by atoms with Gasteiger partial charge in [0.2, 0.25) is 11.8 Å². The molecule has 4 aromatic rings. The molecule has 0 radical (unpaired) electrons. The van der Waals surface area contributed by atoms with Gasteiger partial charge >= 0.3 is 0 Å². The smallest absolute Gasteiger partial charge is 0.264 e. The summed E-state index contributed by atoms with van der Waals surface area (Å²) in [4.78, 5) is 30.2. The summed E-state index contributed by atoms with van der Waals surface area (Å²) in [5, 5.41) is 3.84. The molecule has 0 heterocycles. The number of rotatable bonds is 12. The van der Waals surface area contributed by atoms with Crippen molar-refractivity contribution in [3.05, 3.63) is 129 Å². The van der Waals surface area contributed by atoms with Crippen LogP contribution in [0.15, 0.2) is 112 Å². The van der Waals surface area contributed by atoms with E-state index in [0.717, 1.165) is 40.0 Å². The summed E-state index contributed by atoms with van der Waals surface area (Å²) in [6, 6.07) is 28.3. The number of amides is 2. The van der Waals surface area contributed by atoms with Gasteiger partial charge in [-0.15, -0.1) is 0 Å². The van der Waals surface area contributed by atoms with E-state index >= 15 is 0 Å². The summed E-state index contributed by atoms with van der Waals surface area (Å²) in [7, 11) is -4.17. The lowest BCUT2D eigenvalue weighted by Gasteiger charge is -2.34. The number of halogens is 3. The van der Waals surface area contributed by atoms with Crippen molar-refractivity contribution < 1.29 is 18.0 Å². The first-order valence-corrected chi connectivity index (χ1v) is 18.0. The van der Waals surface area contributed by atoms with Gasteiger partial charge in [-0.25, -0.2) is 8.42 Å². The van der Waals surface area contributed by atoms with Crippen molar-refractivity contribution in [3.8, 4) is 0 Å². The number of benzene rings is 4. The molecule has 0 aromatic heterocycles. The minimum absolute atomic E-state index is 0.00483. The average molecular weight is 744 g/mol. The van der Waals surface area contributed by atoms with Crippen LogP contribution in [0.4, 0.5) is 5.69 Å². The van der Waals surface area contributed by atoms with Gasteiger partial charge in [-0.1, -0.05) is 107 Å². The van der Waals surface area contributed by atoms with Gasteiger partial charge in [-0.05, 0) is 72.5 Å². The van der Waals surface area contributed by atoms with Crippen molar-refractivity contribution in [2.24, 2.45) is 0 Å². The highest BCUT2D eigenvalue weighted by Gasteiger charge is 2.35. The second-order valence-corrected chi connectivity index (χ2v) is 14.9. The Bertz CT molecular complexity index is 1750. The Kier molecular flexibility index (Phi) is 11.4. The highest BCUT2D eigenvalue weighted by atomic mass is 79.9. The third-order valence-corrected chi connectivity index (χ3v) is 11.1. The Morgan fingerprint density at radius 1 is 0.826 bits per heavy atom. The Morgan fingerprint density at radius 2 is 1.46 bits per heavy atom. The van der Waals surface area contributed by atoms with Crippen molar-refractivity contribution in [2.45, 2.75) is 55.6 Å². The second-order valence-electron chi connectivity index (χ2n) is 11.3. The van der Waals surface area contributed by atoms with Crippen LogP contribution in [0.5, 0.6) is 0 Å². The molecule has 5 rings (SSSR count). The molecule has 1 N–H and O–H groups in total. The van der Waals surface area contributed by atoms with Crippen molar-refractivity contribution in [3.63, 3.8) is 0 Å². The van der Waals surface area contributed by atoms with E-state index < -0.39 is 28.5 Å². The predicted octanol–water partition coefficient (Wildman–Crippen LogP) is 7.65. The van der Waals surface area contributed by atoms with Gasteiger partial charge in [-0.3, -0.25) is 13.9 Å². The van der Waals surface area contributed by atoms with Gasteiger partial charge in [0.1, 0.15) is 12.6 Å². The van der Waals surface area contributed by atoms with Crippen LogP contribution in [0.1, 0.15) is 36.8 Å². The fourth-order valence-corrected chi connectivity index (χ4v) is 7.63. The quantitative estimate of drug-likeness (QED) is 0.162.